The van der Waals surface area contributed by atoms with Crippen molar-refractivity contribution in [1.29, 1.82) is 0 Å². The van der Waals surface area contributed by atoms with Crippen LogP contribution in [0.3, 0.4) is 0 Å². The lowest BCUT2D eigenvalue weighted by Gasteiger charge is -2.31. The summed E-state index contributed by atoms with van der Waals surface area (Å²) in [7, 11) is 1.73. The molecule has 1 aromatic rings. The number of piperidine rings is 1. The molecule has 1 fully saturated rings. The Kier molecular flexibility index (Phi) is 4.56. The molecule has 0 N–H and O–H groups in total. The third-order valence-electron chi connectivity index (χ3n) is 3.01. The number of carbonyl (C=O) groups is 1. The van der Waals surface area contributed by atoms with Gasteiger partial charge >= 0.3 is 0 Å². The average Bonchev–Trinajstić information content (AvgIpc) is 2.76. The van der Waals surface area contributed by atoms with Crippen molar-refractivity contribution < 1.29 is 9.53 Å². The molecule has 0 aliphatic carbocycles. The van der Waals surface area contributed by atoms with Gasteiger partial charge in [0.2, 0.25) is 0 Å². The van der Waals surface area contributed by atoms with E-state index in [1.165, 1.54) is 11.3 Å². The molecule has 1 saturated heterocycles. The van der Waals surface area contributed by atoms with Crippen LogP contribution in [0.5, 0.6) is 0 Å². The van der Waals surface area contributed by atoms with Gasteiger partial charge in [0.25, 0.3) is 0 Å². The summed E-state index contributed by atoms with van der Waals surface area (Å²) in [5.41, 5.74) is 0. The van der Waals surface area contributed by atoms with Crippen molar-refractivity contribution in [2.24, 2.45) is 0 Å². The third kappa shape index (κ3) is 3.52. The monoisotopic (exact) mass is 273 g/mol. The van der Waals surface area contributed by atoms with Gasteiger partial charge in [0.15, 0.2) is 5.78 Å². The van der Waals surface area contributed by atoms with Crippen LogP contribution in [0.4, 0.5) is 0 Å². The van der Waals surface area contributed by atoms with Crippen LogP contribution in [0.25, 0.3) is 0 Å². The Morgan fingerprint density at radius 3 is 3.12 bits per heavy atom. The lowest BCUT2D eigenvalue weighted by atomic mass is 10.1. The van der Waals surface area contributed by atoms with Crippen molar-refractivity contribution in [3.8, 4) is 0 Å². The number of likely N-dealkylation sites (tertiary alicyclic amines) is 1. The van der Waals surface area contributed by atoms with Gasteiger partial charge in [-0.1, -0.05) is 11.6 Å². The first-order valence-corrected chi connectivity index (χ1v) is 6.92. The molecular weight excluding hydrogens is 258 g/mol. The quantitative estimate of drug-likeness (QED) is 0.790. The van der Waals surface area contributed by atoms with Gasteiger partial charge in [0.1, 0.15) is 0 Å². The maximum atomic E-state index is 12.0. The molecule has 2 heterocycles. The van der Waals surface area contributed by atoms with Gasteiger partial charge in [-0.2, -0.15) is 0 Å². The van der Waals surface area contributed by atoms with Crippen molar-refractivity contribution in [3.05, 3.63) is 21.3 Å². The largest absolute Gasteiger partial charge is 0.380 e. The number of Topliss-reactive ketones (excluding diaryl/α,β-unsaturated/α-hetero) is 1. The Balaban J connectivity index is 1.90. The van der Waals surface area contributed by atoms with Crippen LogP contribution in [0.15, 0.2) is 12.1 Å². The molecule has 0 saturated carbocycles. The smallest absolute Gasteiger partial charge is 0.186 e. The van der Waals surface area contributed by atoms with E-state index in [1.807, 2.05) is 0 Å². The number of thiophene rings is 1. The number of ketones is 1. The summed E-state index contributed by atoms with van der Waals surface area (Å²) >= 11 is 7.17. The zero-order valence-corrected chi connectivity index (χ0v) is 11.4. The van der Waals surface area contributed by atoms with Crippen LogP contribution in [0.2, 0.25) is 4.34 Å². The van der Waals surface area contributed by atoms with Crippen molar-refractivity contribution in [2.45, 2.75) is 18.9 Å². The topological polar surface area (TPSA) is 29.5 Å². The number of rotatable bonds is 4. The van der Waals surface area contributed by atoms with Gasteiger partial charge in [0, 0.05) is 13.7 Å². The number of nitrogens with zero attached hydrogens (tertiary/aromatic N) is 1. The Bertz CT molecular complexity index is 394. The molecule has 0 aromatic carbocycles. The second-order valence-electron chi connectivity index (χ2n) is 4.26. The number of methoxy groups -OCH3 is 1. The molecule has 0 spiro atoms. The molecule has 0 bridgehead atoms. The molecule has 1 aliphatic rings. The summed E-state index contributed by atoms with van der Waals surface area (Å²) in [6.07, 6.45) is 2.45. The Morgan fingerprint density at radius 2 is 2.47 bits per heavy atom. The predicted molar refractivity (Wildman–Crippen MR) is 70.1 cm³/mol. The molecule has 1 atom stereocenters. The van der Waals surface area contributed by atoms with Crippen molar-refractivity contribution in [3.63, 3.8) is 0 Å². The number of hydrogen-bond donors (Lipinski definition) is 0. The van der Waals surface area contributed by atoms with E-state index in [0.29, 0.717) is 10.9 Å². The van der Waals surface area contributed by atoms with Gasteiger partial charge in [-0.15, -0.1) is 11.3 Å². The first kappa shape index (κ1) is 13.0. The molecule has 1 aromatic heterocycles. The highest BCUT2D eigenvalue weighted by molar-refractivity contribution is 7.18. The molecule has 1 unspecified atom stereocenters. The number of hydrogen-bond acceptors (Lipinski definition) is 4. The summed E-state index contributed by atoms with van der Waals surface area (Å²) < 4.78 is 6.01. The van der Waals surface area contributed by atoms with Crippen molar-refractivity contribution >= 4 is 28.7 Å². The normalized spacial score (nSPS) is 21.6. The van der Waals surface area contributed by atoms with E-state index in [2.05, 4.69) is 4.90 Å². The second kappa shape index (κ2) is 5.96. The van der Waals surface area contributed by atoms with Crippen LogP contribution >= 0.6 is 22.9 Å². The minimum absolute atomic E-state index is 0.152. The SMILES string of the molecule is COC1CCCN(CC(=O)c2ccc(Cl)s2)C1. The lowest BCUT2D eigenvalue weighted by molar-refractivity contribution is 0.0315. The number of carbonyl (C=O) groups excluding carboxylic acids is 1. The maximum Gasteiger partial charge on any atom is 0.186 e. The fraction of sp³-hybridized carbons (Fsp3) is 0.583. The van der Waals surface area contributed by atoms with Gasteiger partial charge < -0.3 is 4.74 Å². The lowest BCUT2D eigenvalue weighted by Crippen LogP contribution is -2.41. The van der Waals surface area contributed by atoms with Gasteiger partial charge in [-0.3, -0.25) is 9.69 Å². The molecule has 0 radical (unpaired) electrons. The number of halogens is 1. The summed E-state index contributed by atoms with van der Waals surface area (Å²) in [6, 6.07) is 3.57. The zero-order valence-electron chi connectivity index (χ0n) is 9.82. The summed E-state index contributed by atoms with van der Waals surface area (Å²) in [5, 5.41) is 0. The molecule has 2 rings (SSSR count). The maximum absolute atomic E-state index is 12.0. The van der Waals surface area contributed by atoms with E-state index in [4.69, 9.17) is 16.3 Å². The third-order valence-corrected chi connectivity index (χ3v) is 4.28. The Hall–Kier alpha value is -0.420. The molecular formula is C12H16ClNO2S. The highest BCUT2D eigenvalue weighted by atomic mass is 35.5. The van der Waals surface area contributed by atoms with Crippen molar-refractivity contribution in [2.75, 3.05) is 26.7 Å². The van der Waals surface area contributed by atoms with E-state index in [0.717, 1.165) is 30.8 Å². The minimum Gasteiger partial charge on any atom is -0.380 e. The fourth-order valence-electron chi connectivity index (χ4n) is 2.09. The van der Waals surface area contributed by atoms with Crippen LogP contribution in [0, 0.1) is 0 Å². The molecule has 3 nitrogen and oxygen atoms in total. The van der Waals surface area contributed by atoms with E-state index < -0.39 is 0 Å². The van der Waals surface area contributed by atoms with Gasteiger partial charge in [0.05, 0.1) is 21.9 Å². The molecule has 17 heavy (non-hydrogen) atoms. The summed E-state index contributed by atoms with van der Waals surface area (Å²) in [6.45, 7) is 2.29. The molecule has 1 aliphatic heterocycles. The predicted octanol–water partition coefficient (Wildman–Crippen LogP) is 2.70. The molecule has 0 amide bonds. The molecule has 94 valence electrons. The van der Waals surface area contributed by atoms with E-state index in [-0.39, 0.29) is 11.9 Å². The average molecular weight is 274 g/mol. The minimum atomic E-state index is 0.152. The van der Waals surface area contributed by atoms with E-state index in [9.17, 15) is 4.79 Å². The highest BCUT2D eigenvalue weighted by Crippen LogP contribution is 2.22. The molecule has 5 heteroatoms. The summed E-state index contributed by atoms with van der Waals surface area (Å²) in [5.74, 6) is 0.152. The zero-order chi connectivity index (χ0) is 12.3. The van der Waals surface area contributed by atoms with E-state index >= 15 is 0 Å². The van der Waals surface area contributed by atoms with Crippen LogP contribution in [0.1, 0.15) is 22.5 Å². The fourth-order valence-corrected chi connectivity index (χ4v) is 3.07. The van der Waals surface area contributed by atoms with E-state index in [1.54, 1.807) is 19.2 Å². The van der Waals surface area contributed by atoms with Crippen LogP contribution in [-0.4, -0.2) is 43.5 Å². The van der Waals surface area contributed by atoms with Crippen LogP contribution in [-0.2, 0) is 4.74 Å². The Morgan fingerprint density at radius 1 is 1.65 bits per heavy atom. The first-order valence-electron chi connectivity index (χ1n) is 5.72. The summed E-state index contributed by atoms with van der Waals surface area (Å²) in [4.78, 5) is 14.9. The first-order chi connectivity index (χ1) is 8.19. The van der Waals surface area contributed by atoms with Crippen molar-refractivity contribution in [1.82, 2.24) is 4.90 Å². The van der Waals surface area contributed by atoms with Crippen LogP contribution < -0.4 is 0 Å². The second-order valence-corrected chi connectivity index (χ2v) is 5.98. The highest BCUT2D eigenvalue weighted by Gasteiger charge is 2.22. The Labute approximate surface area is 110 Å². The van der Waals surface area contributed by atoms with Gasteiger partial charge in [-0.25, -0.2) is 0 Å². The standard InChI is InChI=1S/C12H16ClNO2S/c1-16-9-3-2-6-14(7-9)8-10(15)11-4-5-12(13)17-11/h4-5,9H,2-3,6-8H2,1H3. The van der Waals surface area contributed by atoms with Gasteiger partial charge in [-0.05, 0) is 31.5 Å². The number of ether oxygens (including phenoxy) is 1.